The normalized spacial score (nSPS) is 9.89. The maximum atomic E-state index is 13.2. The number of anilines is 1. The highest BCUT2D eigenvalue weighted by molar-refractivity contribution is 6.39. The molecule has 0 heterocycles. The molecule has 2 N–H and O–H groups in total. The second kappa shape index (κ2) is 7.42. The standard InChI is InChI=1S/C13H17FN2O2/c1-2-3-6-9-15-12(17)13(18)16-11-8-5-4-7-10(11)14/h4-5,7-8H,2-3,6,9H2,1H3,(H,15,17)(H,16,18). The molecular weight excluding hydrogens is 235 g/mol. The van der Waals surface area contributed by atoms with Gasteiger partial charge in [-0.3, -0.25) is 9.59 Å². The monoisotopic (exact) mass is 252 g/mol. The van der Waals surface area contributed by atoms with Gasteiger partial charge in [0, 0.05) is 6.54 Å². The van der Waals surface area contributed by atoms with E-state index >= 15 is 0 Å². The van der Waals surface area contributed by atoms with Gasteiger partial charge >= 0.3 is 11.8 Å². The van der Waals surface area contributed by atoms with Crippen LogP contribution in [0, 0.1) is 5.82 Å². The zero-order valence-electron chi connectivity index (χ0n) is 10.3. The van der Waals surface area contributed by atoms with Crippen LogP contribution in [0.15, 0.2) is 24.3 Å². The Kier molecular flexibility index (Phi) is 5.84. The Bertz CT molecular complexity index is 421. The van der Waals surface area contributed by atoms with Crippen LogP contribution >= 0.6 is 0 Å². The number of halogens is 1. The molecule has 18 heavy (non-hydrogen) atoms. The molecule has 1 aromatic carbocycles. The van der Waals surface area contributed by atoms with Gasteiger partial charge in [-0.15, -0.1) is 0 Å². The molecule has 1 aromatic rings. The summed E-state index contributed by atoms with van der Waals surface area (Å²) in [5.41, 5.74) is 0.00575. The molecular formula is C13H17FN2O2. The first kappa shape index (κ1) is 14.2. The van der Waals surface area contributed by atoms with Gasteiger partial charge in [-0.25, -0.2) is 4.39 Å². The van der Waals surface area contributed by atoms with Crippen molar-refractivity contribution in [3.05, 3.63) is 30.1 Å². The molecule has 0 spiro atoms. The van der Waals surface area contributed by atoms with Crippen LogP contribution in [-0.4, -0.2) is 18.4 Å². The topological polar surface area (TPSA) is 58.2 Å². The minimum Gasteiger partial charge on any atom is -0.348 e. The van der Waals surface area contributed by atoms with E-state index in [9.17, 15) is 14.0 Å². The second-order valence-electron chi connectivity index (χ2n) is 3.90. The summed E-state index contributed by atoms with van der Waals surface area (Å²) in [6.45, 7) is 2.50. The molecule has 0 saturated carbocycles. The van der Waals surface area contributed by atoms with Crippen molar-refractivity contribution in [1.82, 2.24) is 5.32 Å². The first-order chi connectivity index (χ1) is 8.65. The van der Waals surface area contributed by atoms with Gasteiger partial charge in [0.2, 0.25) is 0 Å². The summed E-state index contributed by atoms with van der Waals surface area (Å²) in [6, 6.07) is 5.71. The van der Waals surface area contributed by atoms with E-state index < -0.39 is 17.6 Å². The largest absolute Gasteiger partial charge is 0.348 e. The molecule has 0 unspecified atom stereocenters. The Labute approximate surface area is 106 Å². The number of para-hydroxylation sites is 1. The van der Waals surface area contributed by atoms with Gasteiger partial charge in [-0.1, -0.05) is 31.9 Å². The molecule has 0 fully saturated rings. The van der Waals surface area contributed by atoms with Crippen LogP contribution in [0.25, 0.3) is 0 Å². The van der Waals surface area contributed by atoms with Crippen molar-refractivity contribution in [2.75, 3.05) is 11.9 Å². The zero-order valence-corrected chi connectivity index (χ0v) is 10.3. The Morgan fingerprint density at radius 2 is 1.89 bits per heavy atom. The molecule has 0 bridgehead atoms. The third kappa shape index (κ3) is 4.53. The molecule has 98 valence electrons. The number of nitrogens with one attached hydrogen (secondary N) is 2. The highest BCUT2D eigenvalue weighted by Gasteiger charge is 2.14. The summed E-state index contributed by atoms with van der Waals surface area (Å²) in [5, 5.41) is 4.71. The van der Waals surface area contributed by atoms with E-state index in [2.05, 4.69) is 10.6 Å². The Morgan fingerprint density at radius 3 is 2.56 bits per heavy atom. The van der Waals surface area contributed by atoms with E-state index in [0.29, 0.717) is 6.54 Å². The second-order valence-corrected chi connectivity index (χ2v) is 3.90. The smallest absolute Gasteiger partial charge is 0.313 e. The highest BCUT2D eigenvalue weighted by Crippen LogP contribution is 2.11. The van der Waals surface area contributed by atoms with Gasteiger partial charge in [-0.2, -0.15) is 0 Å². The zero-order chi connectivity index (χ0) is 13.4. The highest BCUT2D eigenvalue weighted by atomic mass is 19.1. The lowest BCUT2D eigenvalue weighted by atomic mass is 10.2. The molecule has 0 saturated heterocycles. The Hall–Kier alpha value is -1.91. The van der Waals surface area contributed by atoms with E-state index in [0.717, 1.165) is 19.3 Å². The molecule has 0 aliphatic carbocycles. The van der Waals surface area contributed by atoms with Gasteiger partial charge < -0.3 is 10.6 Å². The summed E-state index contributed by atoms with van der Waals surface area (Å²) in [7, 11) is 0. The van der Waals surface area contributed by atoms with Gasteiger partial charge in [0.15, 0.2) is 0 Å². The molecule has 0 aromatic heterocycles. The molecule has 1 rings (SSSR count). The number of carbonyl (C=O) groups is 2. The fourth-order valence-corrected chi connectivity index (χ4v) is 1.40. The average molecular weight is 252 g/mol. The third-order valence-corrected chi connectivity index (χ3v) is 2.39. The summed E-state index contributed by atoms with van der Waals surface area (Å²) >= 11 is 0. The number of hydrogen-bond donors (Lipinski definition) is 2. The fraction of sp³-hybridized carbons (Fsp3) is 0.385. The lowest BCUT2D eigenvalue weighted by Crippen LogP contribution is -2.36. The van der Waals surface area contributed by atoms with Crippen molar-refractivity contribution >= 4 is 17.5 Å². The number of rotatable bonds is 5. The lowest BCUT2D eigenvalue weighted by molar-refractivity contribution is -0.136. The summed E-state index contributed by atoms with van der Waals surface area (Å²) in [6.07, 6.45) is 2.86. The van der Waals surface area contributed by atoms with E-state index in [-0.39, 0.29) is 5.69 Å². The molecule has 0 aliphatic rings. The van der Waals surface area contributed by atoms with Crippen LogP contribution in [0.1, 0.15) is 26.2 Å². The van der Waals surface area contributed by atoms with E-state index in [1.54, 1.807) is 6.07 Å². The number of benzene rings is 1. The predicted molar refractivity (Wildman–Crippen MR) is 67.6 cm³/mol. The van der Waals surface area contributed by atoms with Gasteiger partial charge in [0.05, 0.1) is 5.69 Å². The van der Waals surface area contributed by atoms with Crippen LogP contribution in [0.4, 0.5) is 10.1 Å². The van der Waals surface area contributed by atoms with E-state index in [1.807, 2.05) is 6.92 Å². The Morgan fingerprint density at radius 1 is 1.17 bits per heavy atom. The van der Waals surface area contributed by atoms with Crippen LogP contribution < -0.4 is 10.6 Å². The number of unbranched alkanes of at least 4 members (excludes halogenated alkanes) is 2. The van der Waals surface area contributed by atoms with Crippen molar-refractivity contribution in [2.24, 2.45) is 0 Å². The van der Waals surface area contributed by atoms with Crippen LogP contribution in [0.2, 0.25) is 0 Å². The summed E-state index contributed by atoms with van der Waals surface area (Å²) < 4.78 is 13.2. The minimum atomic E-state index is -0.850. The van der Waals surface area contributed by atoms with E-state index in [1.165, 1.54) is 18.2 Å². The lowest BCUT2D eigenvalue weighted by Gasteiger charge is -2.06. The average Bonchev–Trinajstić information content (AvgIpc) is 2.37. The van der Waals surface area contributed by atoms with Crippen LogP contribution in [0.5, 0.6) is 0 Å². The van der Waals surface area contributed by atoms with Crippen molar-refractivity contribution in [3.8, 4) is 0 Å². The first-order valence-electron chi connectivity index (χ1n) is 5.99. The molecule has 2 amide bonds. The molecule has 0 radical (unpaired) electrons. The molecule has 5 heteroatoms. The van der Waals surface area contributed by atoms with Crippen LogP contribution in [0.3, 0.4) is 0 Å². The van der Waals surface area contributed by atoms with Gasteiger partial charge in [0.1, 0.15) is 5.82 Å². The first-order valence-corrected chi connectivity index (χ1v) is 5.99. The molecule has 0 aliphatic heterocycles. The predicted octanol–water partition coefficient (Wildman–Crippen LogP) is 2.07. The molecule has 0 atom stereocenters. The van der Waals surface area contributed by atoms with Crippen molar-refractivity contribution in [2.45, 2.75) is 26.2 Å². The third-order valence-electron chi connectivity index (χ3n) is 2.39. The number of amides is 2. The van der Waals surface area contributed by atoms with Crippen molar-refractivity contribution in [3.63, 3.8) is 0 Å². The van der Waals surface area contributed by atoms with Gasteiger partial charge in [0.25, 0.3) is 0 Å². The minimum absolute atomic E-state index is 0.00575. The maximum Gasteiger partial charge on any atom is 0.313 e. The number of carbonyl (C=O) groups excluding carboxylic acids is 2. The van der Waals surface area contributed by atoms with Crippen LogP contribution in [-0.2, 0) is 9.59 Å². The van der Waals surface area contributed by atoms with Crippen molar-refractivity contribution in [1.29, 1.82) is 0 Å². The molecule has 4 nitrogen and oxygen atoms in total. The number of hydrogen-bond acceptors (Lipinski definition) is 2. The van der Waals surface area contributed by atoms with E-state index in [4.69, 9.17) is 0 Å². The van der Waals surface area contributed by atoms with Crippen molar-refractivity contribution < 1.29 is 14.0 Å². The van der Waals surface area contributed by atoms with Gasteiger partial charge in [-0.05, 0) is 18.6 Å². The summed E-state index contributed by atoms with van der Waals surface area (Å²) in [5.74, 6) is -2.16. The quantitative estimate of drug-likeness (QED) is 0.622. The summed E-state index contributed by atoms with van der Waals surface area (Å²) in [4.78, 5) is 22.8. The maximum absolute atomic E-state index is 13.2. The SMILES string of the molecule is CCCCCNC(=O)C(=O)Nc1ccccc1F. The Balaban J connectivity index is 2.41. The fourth-order valence-electron chi connectivity index (χ4n) is 1.40.